The van der Waals surface area contributed by atoms with Crippen molar-refractivity contribution < 1.29 is 14.7 Å². The zero-order valence-electron chi connectivity index (χ0n) is 17.4. The van der Waals surface area contributed by atoms with Gasteiger partial charge in [-0.1, -0.05) is 36.7 Å². The lowest BCUT2D eigenvalue weighted by Gasteiger charge is -2.32. The molecule has 1 aromatic heterocycles. The van der Waals surface area contributed by atoms with Gasteiger partial charge < -0.3 is 15.3 Å². The van der Waals surface area contributed by atoms with Crippen LogP contribution in [0.5, 0.6) is 0 Å². The van der Waals surface area contributed by atoms with Crippen molar-refractivity contribution >= 4 is 23.4 Å². The predicted octanol–water partition coefficient (Wildman–Crippen LogP) is 2.52. The third-order valence-electron chi connectivity index (χ3n) is 4.46. The van der Waals surface area contributed by atoms with Gasteiger partial charge in [-0.3, -0.25) is 14.3 Å². The van der Waals surface area contributed by atoms with Crippen molar-refractivity contribution in [1.29, 1.82) is 0 Å². The van der Waals surface area contributed by atoms with Gasteiger partial charge in [0.1, 0.15) is 6.10 Å². The summed E-state index contributed by atoms with van der Waals surface area (Å²) in [5.41, 5.74) is 0.484. The first kappa shape index (κ1) is 22.9. The Bertz CT molecular complexity index is 850. The van der Waals surface area contributed by atoms with Crippen molar-refractivity contribution in [2.45, 2.75) is 51.8 Å². The number of amides is 2. The monoisotopic (exact) mass is 420 g/mol. The molecule has 2 N–H and O–H groups in total. The van der Waals surface area contributed by atoms with E-state index in [9.17, 15) is 14.7 Å². The van der Waals surface area contributed by atoms with Crippen molar-refractivity contribution in [2.24, 2.45) is 0 Å². The van der Waals surface area contributed by atoms with Gasteiger partial charge in [-0.2, -0.15) is 5.10 Å². The van der Waals surface area contributed by atoms with E-state index in [-0.39, 0.29) is 18.9 Å². The molecule has 0 saturated heterocycles. The van der Waals surface area contributed by atoms with Gasteiger partial charge in [0.2, 0.25) is 0 Å². The zero-order valence-corrected chi connectivity index (χ0v) is 18.1. The van der Waals surface area contributed by atoms with Gasteiger partial charge in [-0.05, 0) is 31.9 Å². The number of aliphatic hydroxyl groups is 1. The van der Waals surface area contributed by atoms with Crippen LogP contribution in [0, 0.1) is 0 Å². The Balaban J connectivity index is 1.94. The Morgan fingerprint density at radius 2 is 2.03 bits per heavy atom. The lowest BCUT2D eigenvalue weighted by molar-refractivity contribution is -0.139. The van der Waals surface area contributed by atoms with Crippen LogP contribution in [0.3, 0.4) is 0 Å². The molecular weight excluding hydrogens is 392 g/mol. The fraction of sp³-hybridized carbons (Fsp3) is 0.476. The predicted molar refractivity (Wildman–Crippen MR) is 113 cm³/mol. The quantitative estimate of drug-likeness (QED) is 0.652. The molecule has 2 aromatic rings. The van der Waals surface area contributed by atoms with E-state index < -0.39 is 17.6 Å². The van der Waals surface area contributed by atoms with Gasteiger partial charge in [0.15, 0.2) is 0 Å². The van der Waals surface area contributed by atoms with E-state index in [0.29, 0.717) is 16.1 Å². The zero-order chi connectivity index (χ0) is 21.6. The van der Waals surface area contributed by atoms with Crippen molar-refractivity contribution in [2.75, 3.05) is 13.6 Å². The fourth-order valence-electron chi connectivity index (χ4n) is 3.14. The molecule has 7 nitrogen and oxygen atoms in total. The van der Waals surface area contributed by atoms with Gasteiger partial charge in [-0.25, -0.2) is 0 Å². The van der Waals surface area contributed by atoms with Crippen molar-refractivity contribution in [3.8, 4) is 0 Å². The summed E-state index contributed by atoms with van der Waals surface area (Å²) in [5, 5.41) is 17.9. The summed E-state index contributed by atoms with van der Waals surface area (Å²) >= 11 is 6.11. The summed E-state index contributed by atoms with van der Waals surface area (Å²) in [4.78, 5) is 26.5. The first-order chi connectivity index (χ1) is 13.6. The van der Waals surface area contributed by atoms with E-state index in [2.05, 4.69) is 10.4 Å². The van der Waals surface area contributed by atoms with E-state index >= 15 is 0 Å². The molecule has 1 heterocycles. The summed E-state index contributed by atoms with van der Waals surface area (Å²) in [6, 6.07) is 7.10. The Morgan fingerprint density at radius 3 is 2.69 bits per heavy atom. The fourth-order valence-corrected chi connectivity index (χ4v) is 3.35. The molecule has 1 unspecified atom stereocenters. The summed E-state index contributed by atoms with van der Waals surface area (Å²) in [5.74, 6) is -0.683. The maximum absolute atomic E-state index is 12.6. The third kappa shape index (κ3) is 6.58. The number of hydrogen-bond acceptors (Lipinski definition) is 4. The highest BCUT2D eigenvalue weighted by molar-refractivity contribution is 6.31. The van der Waals surface area contributed by atoms with Gasteiger partial charge >= 0.3 is 0 Å². The molecule has 2 amide bonds. The highest BCUT2D eigenvalue weighted by Crippen LogP contribution is 2.17. The number of nitrogens with zero attached hydrogens (tertiary/aromatic N) is 3. The number of likely N-dealkylation sites (N-methyl/N-ethyl adjacent to an activating group) is 1. The van der Waals surface area contributed by atoms with Crippen LogP contribution in [0.2, 0.25) is 5.02 Å². The summed E-state index contributed by atoms with van der Waals surface area (Å²) in [6.07, 6.45) is 3.09. The first-order valence-corrected chi connectivity index (χ1v) is 10.0. The topological polar surface area (TPSA) is 87.5 Å². The molecule has 8 heteroatoms. The van der Waals surface area contributed by atoms with Gasteiger partial charge in [0.05, 0.1) is 17.3 Å². The molecule has 0 bridgehead atoms. The molecule has 29 heavy (non-hydrogen) atoms. The van der Waals surface area contributed by atoms with Crippen molar-refractivity contribution in [3.05, 3.63) is 52.8 Å². The number of rotatable bonds is 9. The molecular formula is C21H29ClN4O3. The number of halogens is 1. The average molecular weight is 421 g/mol. The smallest absolute Gasteiger partial charge is 0.254 e. The minimum atomic E-state index is -1.21. The second-order valence-electron chi connectivity index (χ2n) is 7.84. The van der Waals surface area contributed by atoms with Gasteiger partial charge in [-0.15, -0.1) is 0 Å². The highest BCUT2D eigenvalue weighted by atomic mass is 35.5. The van der Waals surface area contributed by atoms with E-state index in [1.165, 1.54) is 11.1 Å². The number of carbonyl (C=O) groups excluding carboxylic acids is 2. The molecule has 158 valence electrons. The number of carbonyl (C=O) groups is 2. The maximum atomic E-state index is 12.6. The summed E-state index contributed by atoms with van der Waals surface area (Å²) in [6.45, 7) is 6.67. The SMILES string of the molecule is CCCn1cc(C(=O)NC(C)(C)CN(C)C(=O)C(O)Cc2ccccc2Cl)cn1. The number of nitrogens with one attached hydrogen (secondary N) is 1. The van der Waals surface area contributed by atoms with Crippen molar-refractivity contribution in [1.82, 2.24) is 20.0 Å². The van der Waals surface area contributed by atoms with Gasteiger partial charge in [0, 0.05) is 37.8 Å². The Hall–Kier alpha value is -2.38. The van der Waals surface area contributed by atoms with Crippen LogP contribution >= 0.6 is 11.6 Å². The molecule has 0 radical (unpaired) electrons. The lowest BCUT2D eigenvalue weighted by atomic mass is 10.0. The van der Waals surface area contributed by atoms with Crippen LogP contribution in [0.15, 0.2) is 36.7 Å². The number of aryl methyl sites for hydroxylation is 1. The molecule has 0 aliphatic rings. The Morgan fingerprint density at radius 1 is 1.34 bits per heavy atom. The molecule has 1 atom stereocenters. The summed E-state index contributed by atoms with van der Waals surface area (Å²) in [7, 11) is 1.60. The third-order valence-corrected chi connectivity index (χ3v) is 4.83. The number of benzene rings is 1. The van der Waals surface area contributed by atoms with Crippen LogP contribution in [-0.2, 0) is 17.8 Å². The van der Waals surface area contributed by atoms with E-state index in [1.54, 1.807) is 36.1 Å². The highest BCUT2D eigenvalue weighted by Gasteiger charge is 2.28. The number of hydrogen-bond donors (Lipinski definition) is 2. The molecule has 0 spiro atoms. The first-order valence-electron chi connectivity index (χ1n) is 9.64. The van der Waals surface area contributed by atoms with Crippen molar-refractivity contribution in [3.63, 3.8) is 0 Å². The normalized spacial score (nSPS) is 12.5. The number of aliphatic hydroxyl groups excluding tert-OH is 1. The average Bonchev–Trinajstić information content (AvgIpc) is 3.11. The van der Waals surface area contributed by atoms with Crippen LogP contribution < -0.4 is 5.32 Å². The second-order valence-corrected chi connectivity index (χ2v) is 8.24. The standard InChI is InChI=1S/C21H29ClN4O3/c1-5-10-26-13-16(12-23-26)19(28)24-21(2,3)14-25(4)20(29)18(27)11-15-8-6-7-9-17(15)22/h6-9,12-13,18,27H,5,10-11,14H2,1-4H3,(H,24,28). The van der Waals surface area contributed by atoms with Gasteiger partial charge in [0.25, 0.3) is 11.8 Å². The van der Waals surface area contributed by atoms with Crippen LogP contribution in [-0.4, -0.2) is 56.8 Å². The molecule has 0 saturated carbocycles. The molecule has 2 rings (SSSR count). The summed E-state index contributed by atoms with van der Waals surface area (Å²) < 4.78 is 1.72. The Labute approximate surface area is 176 Å². The van der Waals surface area contributed by atoms with E-state index in [4.69, 9.17) is 11.6 Å². The van der Waals surface area contributed by atoms with Crippen LogP contribution in [0.4, 0.5) is 0 Å². The lowest BCUT2D eigenvalue weighted by Crippen LogP contribution is -2.53. The molecule has 0 aliphatic heterocycles. The van der Waals surface area contributed by atoms with E-state index in [1.807, 2.05) is 26.8 Å². The second kappa shape index (κ2) is 9.89. The van der Waals surface area contributed by atoms with E-state index in [0.717, 1.165) is 13.0 Å². The maximum Gasteiger partial charge on any atom is 0.254 e. The minimum absolute atomic E-state index is 0.131. The molecule has 0 aliphatic carbocycles. The Kier molecular flexibility index (Phi) is 7.81. The number of aromatic nitrogens is 2. The van der Waals surface area contributed by atoms with Crippen LogP contribution in [0.25, 0.3) is 0 Å². The minimum Gasteiger partial charge on any atom is -0.383 e. The molecule has 1 aromatic carbocycles. The largest absolute Gasteiger partial charge is 0.383 e. The van der Waals surface area contributed by atoms with Crippen LogP contribution in [0.1, 0.15) is 43.1 Å². The molecule has 0 fully saturated rings.